The van der Waals surface area contributed by atoms with E-state index in [4.69, 9.17) is 10.5 Å². The summed E-state index contributed by atoms with van der Waals surface area (Å²) in [6.07, 6.45) is 3.70. The van der Waals surface area contributed by atoms with Crippen molar-refractivity contribution >= 4 is 16.7 Å². The van der Waals surface area contributed by atoms with Crippen molar-refractivity contribution in [2.75, 3.05) is 18.9 Å². The van der Waals surface area contributed by atoms with Gasteiger partial charge < -0.3 is 10.5 Å². The van der Waals surface area contributed by atoms with Gasteiger partial charge in [0.1, 0.15) is 0 Å². The SMILES string of the molecule is Cc1nn(C2CCOCC2)c2ncc(N)cc12. The molecule has 2 aromatic heterocycles. The molecule has 5 heteroatoms. The number of fused-ring (bicyclic) bond motifs is 1. The Morgan fingerprint density at radius 3 is 2.94 bits per heavy atom. The molecule has 0 spiro atoms. The van der Waals surface area contributed by atoms with Crippen LogP contribution in [0.4, 0.5) is 5.69 Å². The van der Waals surface area contributed by atoms with E-state index in [9.17, 15) is 0 Å². The lowest BCUT2D eigenvalue weighted by atomic mass is 10.1. The van der Waals surface area contributed by atoms with Crippen LogP contribution in [0.5, 0.6) is 0 Å². The van der Waals surface area contributed by atoms with Gasteiger partial charge in [0.25, 0.3) is 0 Å². The minimum absolute atomic E-state index is 0.399. The van der Waals surface area contributed by atoms with Gasteiger partial charge in [0, 0.05) is 18.6 Å². The average Bonchev–Trinajstić information content (AvgIpc) is 2.68. The zero-order chi connectivity index (χ0) is 11.8. The first-order chi connectivity index (χ1) is 8.25. The monoisotopic (exact) mass is 232 g/mol. The van der Waals surface area contributed by atoms with Gasteiger partial charge in [-0.05, 0) is 25.8 Å². The van der Waals surface area contributed by atoms with E-state index >= 15 is 0 Å². The van der Waals surface area contributed by atoms with Crippen LogP contribution in [0.2, 0.25) is 0 Å². The molecule has 2 aromatic rings. The van der Waals surface area contributed by atoms with E-state index in [1.54, 1.807) is 6.20 Å². The van der Waals surface area contributed by atoms with E-state index < -0.39 is 0 Å². The van der Waals surface area contributed by atoms with Crippen LogP contribution in [0.15, 0.2) is 12.3 Å². The van der Waals surface area contributed by atoms with Crippen LogP contribution in [0.25, 0.3) is 11.0 Å². The number of nitrogen functional groups attached to an aromatic ring is 1. The summed E-state index contributed by atoms with van der Waals surface area (Å²) >= 11 is 0. The van der Waals surface area contributed by atoms with Crippen molar-refractivity contribution in [2.45, 2.75) is 25.8 Å². The smallest absolute Gasteiger partial charge is 0.158 e. The largest absolute Gasteiger partial charge is 0.397 e. The first kappa shape index (κ1) is 10.5. The van der Waals surface area contributed by atoms with Gasteiger partial charge >= 0.3 is 0 Å². The van der Waals surface area contributed by atoms with Crippen LogP contribution < -0.4 is 5.73 Å². The second-order valence-corrected chi connectivity index (χ2v) is 4.51. The quantitative estimate of drug-likeness (QED) is 0.812. The van der Waals surface area contributed by atoms with Gasteiger partial charge in [-0.2, -0.15) is 5.10 Å². The molecule has 1 fully saturated rings. The lowest BCUT2D eigenvalue weighted by Gasteiger charge is -2.22. The van der Waals surface area contributed by atoms with Crippen molar-refractivity contribution in [3.05, 3.63) is 18.0 Å². The molecule has 0 unspecified atom stereocenters. The van der Waals surface area contributed by atoms with E-state index in [-0.39, 0.29) is 0 Å². The van der Waals surface area contributed by atoms with Crippen LogP contribution >= 0.6 is 0 Å². The van der Waals surface area contributed by atoms with Crippen molar-refractivity contribution in [1.82, 2.24) is 14.8 Å². The highest BCUT2D eigenvalue weighted by Crippen LogP contribution is 2.26. The molecule has 0 radical (unpaired) electrons. The molecule has 0 amide bonds. The lowest BCUT2D eigenvalue weighted by molar-refractivity contribution is 0.0672. The maximum atomic E-state index is 5.76. The van der Waals surface area contributed by atoms with Gasteiger partial charge in [-0.15, -0.1) is 0 Å². The summed E-state index contributed by atoms with van der Waals surface area (Å²) in [5, 5.41) is 5.65. The summed E-state index contributed by atoms with van der Waals surface area (Å²) in [4.78, 5) is 4.41. The second kappa shape index (κ2) is 4.00. The molecule has 3 rings (SSSR count). The third-order valence-electron chi connectivity index (χ3n) is 3.29. The lowest BCUT2D eigenvalue weighted by Crippen LogP contribution is -2.20. The zero-order valence-electron chi connectivity index (χ0n) is 9.89. The Morgan fingerprint density at radius 1 is 1.41 bits per heavy atom. The number of aryl methyl sites for hydroxylation is 1. The Bertz CT molecular complexity index is 543. The zero-order valence-corrected chi connectivity index (χ0v) is 9.89. The molecule has 0 aromatic carbocycles. The van der Waals surface area contributed by atoms with Crippen molar-refractivity contribution in [3.63, 3.8) is 0 Å². The Kier molecular flexibility index (Phi) is 2.48. The van der Waals surface area contributed by atoms with Crippen LogP contribution in [-0.4, -0.2) is 28.0 Å². The first-order valence-electron chi connectivity index (χ1n) is 5.94. The fourth-order valence-electron chi connectivity index (χ4n) is 2.37. The third kappa shape index (κ3) is 1.76. The number of nitrogens with two attached hydrogens (primary N) is 1. The maximum Gasteiger partial charge on any atom is 0.158 e. The molecule has 0 bridgehead atoms. The molecular formula is C12H16N4O. The van der Waals surface area contributed by atoms with E-state index in [0.29, 0.717) is 11.7 Å². The summed E-state index contributed by atoms with van der Waals surface area (Å²) in [6.45, 7) is 3.61. The first-order valence-corrected chi connectivity index (χ1v) is 5.94. The molecular weight excluding hydrogens is 216 g/mol. The molecule has 0 aliphatic carbocycles. The summed E-state index contributed by atoms with van der Waals surface area (Å²) in [6, 6.07) is 2.34. The number of rotatable bonds is 1. The number of aromatic nitrogens is 3. The van der Waals surface area contributed by atoms with Gasteiger partial charge in [0.15, 0.2) is 5.65 Å². The molecule has 17 heavy (non-hydrogen) atoms. The number of ether oxygens (including phenoxy) is 1. The minimum Gasteiger partial charge on any atom is -0.397 e. The molecule has 1 saturated heterocycles. The van der Waals surface area contributed by atoms with Gasteiger partial charge in [-0.25, -0.2) is 9.67 Å². The Morgan fingerprint density at radius 2 is 2.18 bits per heavy atom. The molecule has 0 atom stereocenters. The highest BCUT2D eigenvalue weighted by molar-refractivity contribution is 5.81. The minimum atomic E-state index is 0.399. The van der Waals surface area contributed by atoms with Crippen LogP contribution in [0, 0.1) is 6.92 Å². The van der Waals surface area contributed by atoms with E-state index in [0.717, 1.165) is 42.8 Å². The summed E-state index contributed by atoms with van der Waals surface area (Å²) in [7, 11) is 0. The Balaban J connectivity index is 2.10. The molecule has 3 heterocycles. The molecule has 2 N–H and O–H groups in total. The predicted octanol–water partition coefficient (Wildman–Crippen LogP) is 1.67. The van der Waals surface area contributed by atoms with Crippen LogP contribution in [-0.2, 0) is 4.74 Å². The molecule has 1 aliphatic heterocycles. The number of hydrogen-bond acceptors (Lipinski definition) is 4. The normalized spacial score (nSPS) is 17.7. The number of hydrogen-bond donors (Lipinski definition) is 1. The maximum absolute atomic E-state index is 5.76. The molecule has 0 saturated carbocycles. The van der Waals surface area contributed by atoms with Gasteiger partial charge in [0.05, 0.1) is 23.6 Å². The van der Waals surface area contributed by atoms with Crippen molar-refractivity contribution in [2.24, 2.45) is 0 Å². The number of pyridine rings is 1. The summed E-state index contributed by atoms with van der Waals surface area (Å²) in [5.74, 6) is 0. The topological polar surface area (TPSA) is 66.0 Å². The predicted molar refractivity (Wildman–Crippen MR) is 65.8 cm³/mol. The Labute approximate surface area is 99.6 Å². The Hall–Kier alpha value is -1.62. The number of anilines is 1. The molecule has 1 aliphatic rings. The molecule has 5 nitrogen and oxygen atoms in total. The fourth-order valence-corrected chi connectivity index (χ4v) is 2.37. The van der Waals surface area contributed by atoms with E-state index in [1.165, 1.54) is 0 Å². The van der Waals surface area contributed by atoms with Gasteiger partial charge in [-0.1, -0.05) is 0 Å². The van der Waals surface area contributed by atoms with Gasteiger partial charge in [-0.3, -0.25) is 0 Å². The average molecular weight is 232 g/mol. The highest BCUT2D eigenvalue weighted by atomic mass is 16.5. The standard InChI is InChI=1S/C12H16N4O/c1-8-11-6-9(13)7-14-12(11)16(15-8)10-2-4-17-5-3-10/h6-7,10H,2-5,13H2,1H3. The van der Waals surface area contributed by atoms with Gasteiger partial charge in [0.2, 0.25) is 0 Å². The van der Waals surface area contributed by atoms with Crippen molar-refractivity contribution in [1.29, 1.82) is 0 Å². The van der Waals surface area contributed by atoms with Crippen molar-refractivity contribution in [3.8, 4) is 0 Å². The van der Waals surface area contributed by atoms with Crippen LogP contribution in [0.3, 0.4) is 0 Å². The number of nitrogens with zero attached hydrogens (tertiary/aromatic N) is 3. The second-order valence-electron chi connectivity index (χ2n) is 4.51. The van der Waals surface area contributed by atoms with E-state index in [2.05, 4.69) is 10.1 Å². The van der Waals surface area contributed by atoms with Crippen LogP contribution in [0.1, 0.15) is 24.6 Å². The third-order valence-corrected chi connectivity index (χ3v) is 3.29. The summed E-state index contributed by atoms with van der Waals surface area (Å²) < 4.78 is 7.41. The summed E-state index contributed by atoms with van der Waals surface area (Å²) in [5.41, 5.74) is 8.37. The van der Waals surface area contributed by atoms with E-state index in [1.807, 2.05) is 17.7 Å². The fraction of sp³-hybridized carbons (Fsp3) is 0.500. The van der Waals surface area contributed by atoms with Crippen molar-refractivity contribution < 1.29 is 4.74 Å². The highest BCUT2D eigenvalue weighted by Gasteiger charge is 2.20. The molecule has 90 valence electrons.